The summed E-state index contributed by atoms with van der Waals surface area (Å²) in [5, 5.41) is 5.85. The molecular weight excluding hydrogens is 350 g/mol. The molecule has 2 N–H and O–H groups in total. The Hall–Kier alpha value is -2.38. The van der Waals surface area contributed by atoms with Crippen LogP contribution in [0.3, 0.4) is 0 Å². The maximum atomic E-state index is 12.7. The van der Waals surface area contributed by atoms with Crippen LogP contribution in [0.2, 0.25) is 0 Å². The van der Waals surface area contributed by atoms with Crippen LogP contribution in [0.1, 0.15) is 22.3 Å². The molecule has 0 spiro atoms. The summed E-state index contributed by atoms with van der Waals surface area (Å²) in [6, 6.07) is 13.2. The van der Waals surface area contributed by atoms with Crippen molar-refractivity contribution in [2.45, 2.75) is 18.2 Å². The maximum Gasteiger partial charge on any atom is 0.264 e. The maximum absolute atomic E-state index is 12.7. The fourth-order valence-corrected chi connectivity index (χ4v) is 3.59. The number of anilines is 1. The van der Waals surface area contributed by atoms with Crippen molar-refractivity contribution in [3.05, 3.63) is 59.7 Å². The van der Waals surface area contributed by atoms with Gasteiger partial charge in [0.05, 0.1) is 10.6 Å². The Balaban J connectivity index is 2.09. The summed E-state index contributed by atoms with van der Waals surface area (Å²) in [5.74, 6) is -0.170. The molecule has 0 atom stereocenters. The van der Waals surface area contributed by atoms with Gasteiger partial charge in [0.15, 0.2) is 0 Å². The van der Waals surface area contributed by atoms with Crippen LogP contribution >= 0.6 is 0 Å². The topological polar surface area (TPSA) is 78.5 Å². The quantitative estimate of drug-likeness (QED) is 0.693. The number of nitrogens with zero attached hydrogens (tertiary/aromatic N) is 1. The van der Waals surface area contributed by atoms with E-state index in [1.54, 1.807) is 48.5 Å². The molecular formula is C19H25N3O3S. The molecule has 0 radical (unpaired) electrons. The van der Waals surface area contributed by atoms with Crippen molar-refractivity contribution in [2.75, 3.05) is 31.5 Å². The van der Waals surface area contributed by atoms with E-state index in [4.69, 9.17) is 0 Å². The van der Waals surface area contributed by atoms with Crippen LogP contribution in [0, 0.1) is 6.92 Å². The van der Waals surface area contributed by atoms with Crippen molar-refractivity contribution in [1.82, 2.24) is 10.6 Å². The average Bonchev–Trinajstić information content (AvgIpc) is 2.65. The van der Waals surface area contributed by atoms with Gasteiger partial charge in [-0.15, -0.1) is 0 Å². The van der Waals surface area contributed by atoms with E-state index in [2.05, 4.69) is 10.6 Å². The van der Waals surface area contributed by atoms with E-state index in [1.807, 2.05) is 14.0 Å². The number of hydrogen-bond donors (Lipinski definition) is 2. The zero-order chi connectivity index (χ0) is 19.2. The monoisotopic (exact) mass is 375 g/mol. The molecule has 6 nitrogen and oxygen atoms in total. The molecule has 140 valence electrons. The third-order valence-corrected chi connectivity index (χ3v) is 5.86. The van der Waals surface area contributed by atoms with E-state index in [0.29, 0.717) is 17.8 Å². The Morgan fingerprint density at radius 1 is 1.00 bits per heavy atom. The number of rotatable bonds is 8. The van der Waals surface area contributed by atoms with Crippen molar-refractivity contribution >= 4 is 21.6 Å². The zero-order valence-electron chi connectivity index (χ0n) is 15.3. The number of sulfonamides is 1. The van der Waals surface area contributed by atoms with Gasteiger partial charge < -0.3 is 10.6 Å². The lowest BCUT2D eigenvalue weighted by Gasteiger charge is -2.20. The minimum atomic E-state index is -3.64. The van der Waals surface area contributed by atoms with Crippen LogP contribution < -0.4 is 14.9 Å². The summed E-state index contributed by atoms with van der Waals surface area (Å²) in [6.45, 7) is 3.33. The van der Waals surface area contributed by atoms with Gasteiger partial charge in [0, 0.05) is 19.2 Å². The van der Waals surface area contributed by atoms with Gasteiger partial charge in [-0.1, -0.05) is 17.7 Å². The highest BCUT2D eigenvalue weighted by Gasteiger charge is 2.21. The summed E-state index contributed by atoms with van der Waals surface area (Å²) in [5.41, 5.74) is 1.99. The number of aryl methyl sites for hydroxylation is 1. The minimum absolute atomic E-state index is 0.170. The van der Waals surface area contributed by atoms with Crippen LogP contribution in [0.15, 0.2) is 53.4 Å². The van der Waals surface area contributed by atoms with Crippen LogP contribution in [0.4, 0.5) is 5.69 Å². The average molecular weight is 375 g/mol. The van der Waals surface area contributed by atoms with Gasteiger partial charge in [0.1, 0.15) is 0 Å². The highest BCUT2D eigenvalue weighted by atomic mass is 32.2. The molecule has 0 aliphatic carbocycles. The van der Waals surface area contributed by atoms with Crippen molar-refractivity contribution in [1.29, 1.82) is 0 Å². The third-order valence-electron chi connectivity index (χ3n) is 4.06. The molecule has 2 aromatic carbocycles. The van der Waals surface area contributed by atoms with Gasteiger partial charge in [-0.25, -0.2) is 8.42 Å². The number of nitrogens with one attached hydrogen (secondary N) is 2. The number of benzene rings is 2. The predicted octanol–water partition coefficient (Wildman–Crippen LogP) is 2.16. The number of hydrogen-bond acceptors (Lipinski definition) is 4. The Labute approximate surface area is 155 Å². The van der Waals surface area contributed by atoms with Gasteiger partial charge in [-0.2, -0.15) is 0 Å². The lowest BCUT2D eigenvalue weighted by molar-refractivity contribution is 0.0953. The molecule has 0 saturated heterocycles. The van der Waals surface area contributed by atoms with E-state index in [-0.39, 0.29) is 10.8 Å². The predicted molar refractivity (Wildman–Crippen MR) is 104 cm³/mol. The zero-order valence-corrected chi connectivity index (χ0v) is 16.1. The van der Waals surface area contributed by atoms with Crippen molar-refractivity contribution < 1.29 is 13.2 Å². The second-order valence-corrected chi connectivity index (χ2v) is 8.01. The molecule has 2 aromatic rings. The minimum Gasteiger partial charge on any atom is -0.352 e. The first-order chi connectivity index (χ1) is 12.4. The summed E-state index contributed by atoms with van der Waals surface area (Å²) >= 11 is 0. The molecule has 0 aliphatic rings. The Morgan fingerprint density at radius 2 is 1.62 bits per heavy atom. The second kappa shape index (κ2) is 8.82. The van der Waals surface area contributed by atoms with E-state index in [0.717, 1.165) is 18.5 Å². The first-order valence-corrected chi connectivity index (χ1v) is 9.88. The molecule has 0 fully saturated rings. The summed E-state index contributed by atoms with van der Waals surface area (Å²) in [7, 11) is -0.272. The summed E-state index contributed by atoms with van der Waals surface area (Å²) in [4.78, 5) is 12.3. The largest absolute Gasteiger partial charge is 0.352 e. The lowest BCUT2D eigenvalue weighted by atomic mass is 10.2. The number of amides is 1. The summed E-state index contributed by atoms with van der Waals surface area (Å²) in [6.07, 6.45) is 0.845. The summed E-state index contributed by atoms with van der Waals surface area (Å²) < 4.78 is 26.6. The molecule has 0 aliphatic heterocycles. The Morgan fingerprint density at radius 3 is 2.19 bits per heavy atom. The first kappa shape index (κ1) is 19.9. The highest BCUT2D eigenvalue weighted by Crippen LogP contribution is 2.22. The van der Waals surface area contributed by atoms with Gasteiger partial charge >= 0.3 is 0 Å². The lowest BCUT2D eigenvalue weighted by Crippen LogP contribution is -2.27. The molecule has 0 aromatic heterocycles. The number of carbonyl (C=O) groups is 1. The second-order valence-electron chi connectivity index (χ2n) is 6.05. The standard InChI is InChI=1S/C19H25N3O3S/c1-15-5-11-18(12-6-15)26(24,25)22(3)17-9-7-16(8-10-17)19(23)21-14-4-13-20-2/h5-12,20H,4,13-14H2,1-3H3,(H,21,23). The van der Waals surface area contributed by atoms with Crippen molar-refractivity contribution in [3.63, 3.8) is 0 Å². The van der Waals surface area contributed by atoms with E-state index >= 15 is 0 Å². The van der Waals surface area contributed by atoms with E-state index < -0.39 is 10.0 Å². The highest BCUT2D eigenvalue weighted by molar-refractivity contribution is 7.92. The molecule has 7 heteroatoms. The van der Waals surface area contributed by atoms with Crippen LogP contribution in [0.25, 0.3) is 0 Å². The third kappa shape index (κ3) is 4.83. The fourth-order valence-electron chi connectivity index (χ4n) is 2.40. The molecule has 26 heavy (non-hydrogen) atoms. The van der Waals surface area contributed by atoms with Gasteiger partial charge in [-0.05, 0) is 63.3 Å². The number of carbonyl (C=O) groups excluding carboxylic acids is 1. The molecule has 0 heterocycles. The fraction of sp³-hybridized carbons (Fsp3) is 0.316. The van der Waals surface area contributed by atoms with Crippen molar-refractivity contribution in [2.24, 2.45) is 0 Å². The van der Waals surface area contributed by atoms with E-state index in [9.17, 15) is 13.2 Å². The van der Waals surface area contributed by atoms with E-state index in [1.165, 1.54) is 11.4 Å². The smallest absolute Gasteiger partial charge is 0.264 e. The molecule has 0 unspecified atom stereocenters. The molecule has 1 amide bonds. The van der Waals surface area contributed by atoms with Crippen LogP contribution in [-0.4, -0.2) is 41.5 Å². The SMILES string of the molecule is CNCCCNC(=O)c1ccc(N(C)S(=O)(=O)c2ccc(C)cc2)cc1. The van der Waals surface area contributed by atoms with Crippen LogP contribution in [0.5, 0.6) is 0 Å². The molecule has 0 bridgehead atoms. The van der Waals surface area contributed by atoms with Gasteiger partial charge in [-0.3, -0.25) is 9.10 Å². The molecule has 0 saturated carbocycles. The van der Waals surface area contributed by atoms with Crippen molar-refractivity contribution in [3.8, 4) is 0 Å². The normalized spacial score (nSPS) is 11.2. The van der Waals surface area contributed by atoms with Gasteiger partial charge in [0.25, 0.3) is 15.9 Å². The van der Waals surface area contributed by atoms with Crippen LogP contribution in [-0.2, 0) is 10.0 Å². The molecule has 2 rings (SSSR count). The van der Waals surface area contributed by atoms with Gasteiger partial charge in [0.2, 0.25) is 0 Å². The Bertz CT molecular complexity index is 831. The first-order valence-electron chi connectivity index (χ1n) is 8.44. The Kier molecular flexibility index (Phi) is 6.76.